The van der Waals surface area contributed by atoms with Gasteiger partial charge in [-0.2, -0.15) is 0 Å². The number of aliphatic hydroxyl groups excluding tert-OH is 1. The van der Waals surface area contributed by atoms with Crippen LogP contribution in [0.25, 0.3) is 0 Å². The highest BCUT2D eigenvalue weighted by molar-refractivity contribution is 5.90. The Morgan fingerprint density at radius 3 is 2.11 bits per heavy atom. The van der Waals surface area contributed by atoms with Crippen LogP contribution in [0.3, 0.4) is 0 Å². The summed E-state index contributed by atoms with van der Waals surface area (Å²) in [7, 11) is 0. The second-order valence-electron chi connectivity index (χ2n) is 7.05. The van der Waals surface area contributed by atoms with E-state index in [2.05, 4.69) is 53.8 Å². The predicted molar refractivity (Wildman–Crippen MR) is 114 cm³/mol. The predicted octanol–water partition coefficient (Wildman–Crippen LogP) is 4.97. The Balaban J connectivity index is 1.60. The zero-order chi connectivity index (χ0) is 19.6. The average molecular weight is 373 g/mol. The van der Waals surface area contributed by atoms with Gasteiger partial charge in [-0.1, -0.05) is 72.8 Å². The maximum atomic E-state index is 12.5. The summed E-state index contributed by atoms with van der Waals surface area (Å²) in [6.07, 6.45) is 2.83. The molecular formula is C25H27NO2. The van der Waals surface area contributed by atoms with Crippen molar-refractivity contribution in [2.24, 2.45) is 0 Å². The molecule has 0 spiro atoms. The van der Waals surface area contributed by atoms with Gasteiger partial charge in [0.15, 0.2) is 0 Å². The van der Waals surface area contributed by atoms with Crippen LogP contribution in [0, 0.1) is 0 Å². The standard InChI is InChI=1S/C25H27NO2/c27-18-17-20-11-14-24(15-12-20)26-25(28)16-13-23(22-9-5-2-6-10-22)19-21-7-3-1-4-8-21/h1-12,14-15,23,27H,13,16-19H2,(H,26,28). The lowest BCUT2D eigenvalue weighted by Crippen LogP contribution is -2.14. The molecule has 1 unspecified atom stereocenters. The van der Waals surface area contributed by atoms with Gasteiger partial charge in [0.2, 0.25) is 5.91 Å². The quantitative estimate of drug-likeness (QED) is 0.556. The first kappa shape index (κ1) is 19.8. The van der Waals surface area contributed by atoms with E-state index in [0.29, 0.717) is 18.8 Å². The van der Waals surface area contributed by atoms with Crippen LogP contribution >= 0.6 is 0 Å². The Kier molecular flexibility index (Phi) is 7.39. The maximum Gasteiger partial charge on any atom is 0.224 e. The van der Waals surface area contributed by atoms with Crippen LogP contribution in [-0.2, 0) is 17.6 Å². The summed E-state index contributed by atoms with van der Waals surface area (Å²) in [5.74, 6) is 0.338. The van der Waals surface area contributed by atoms with E-state index < -0.39 is 0 Å². The summed E-state index contributed by atoms with van der Waals surface area (Å²) in [6, 6.07) is 28.5. The molecule has 3 aromatic carbocycles. The lowest BCUT2D eigenvalue weighted by atomic mass is 9.88. The van der Waals surface area contributed by atoms with Crippen molar-refractivity contribution in [3.05, 3.63) is 102 Å². The van der Waals surface area contributed by atoms with Gasteiger partial charge in [0.05, 0.1) is 0 Å². The van der Waals surface area contributed by atoms with Crippen molar-refractivity contribution in [1.29, 1.82) is 0 Å². The number of rotatable bonds is 9. The van der Waals surface area contributed by atoms with Gasteiger partial charge in [-0.25, -0.2) is 0 Å². The molecule has 0 saturated carbocycles. The number of hydrogen-bond donors (Lipinski definition) is 2. The van der Waals surface area contributed by atoms with E-state index in [4.69, 9.17) is 5.11 Å². The molecule has 1 atom stereocenters. The number of anilines is 1. The van der Waals surface area contributed by atoms with Gasteiger partial charge >= 0.3 is 0 Å². The van der Waals surface area contributed by atoms with Gasteiger partial charge in [0.1, 0.15) is 0 Å². The molecule has 0 radical (unpaired) electrons. The molecule has 0 fully saturated rings. The lowest BCUT2D eigenvalue weighted by Gasteiger charge is -2.17. The Morgan fingerprint density at radius 1 is 0.821 bits per heavy atom. The Hall–Kier alpha value is -2.91. The highest BCUT2D eigenvalue weighted by atomic mass is 16.2. The summed E-state index contributed by atoms with van der Waals surface area (Å²) in [5, 5.41) is 12.0. The summed E-state index contributed by atoms with van der Waals surface area (Å²) in [5.41, 5.74) is 4.42. The molecule has 1 amide bonds. The van der Waals surface area contributed by atoms with Crippen molar-refractivity contribution in [1.82, 2.24) is 0 Å². The van der Waals surface area contributed by atoms with Crippen LogP contribution in [0.1, 0.15) is 35.4 Å². The highest BCUT2D eigenvalue weighted by Gasteiger charge is 2.14. The lowest BCUT2D eigenvalue weighted by molar-refractivity contribution is -0.116. The van der Waals surface area contributed by atoms with Gasteiger partial charge in [-0.05, 0) is 54.0 Å². The van der Waals surface area contributed by atoms with Gasteiger partial charge < -0.3 is 10.4 Å². The zero-order valence-electron chi connectivity index (χ0n) is 16.1. The molecule has 0 aliphatic heterocycles. The largest absolute Gasteiger partial charge is 0.396 e. The number of benzene rings is 3. The number of nitrogens with one attached hydrogen (secondary N) is 1. The van der Waals surface area contributed by atoms with Crippen molar-refractivity contribution >= 4 is 11.6 Å². The summed E-state index contributed by atoms with van der Waals surface area (Å²) in [6.45, 7) is 0.133. The third-order valence-corrected chi connectivity index (χ3v) is 4.95. The van der Waals surface area contributed by atoms with E-state index in [1.54, 1.807) is 0 Å². The van der Waals surface area contributed by atoms with Crippen molar-refractivity contribution in [2.45, 2.75) is 31.6 Å². The van der Waals surface area contributed by atoms with Crippen molar-refractivity contribution in [3.63, 3.8) is 0 Å². The minimum Gasteiger partial charge on any atom is -0.396 e. The molecular weight excluding hydrogens is 346 g/mol. The normalized spacial score (nSPS) is 11.8. The molecule has 28 heavy (non-hydrogen) atoms. The van der Waals surface area contributed by atoms with Crippen LogP contribution in [0.4, 0.5) is 5.69 Å². The van der Waals surface area contributed by atoms with Gasteiger partial charge in [-0.15, -0.1) is 0 Å². The Bertz CT molecular complexity index is 845. The molecule has 0 aromatic heterocycles. The summed E-state index contributed by atoms with van der Waals surface area (Å²) in [4.78, 5) is 12.5. The van der Waals surface area contributed by atoms with Crippen LogP contribution in [0.2, 0.25) is 0 Å². The molecule has 0 heterocycles. The smallest absolute Gasteiger partial charge is 0.224 e. The third-order valence-electron chi connectivity index (χ3n) is 4.95. The van der Waals surface area contributed by atoms with E-state index in [1.807, 2.05) is 36.4 Å². The minimum atomic E-state index is 0.0314. The molecule has 0 aliphatic rings. The van der Waals surface area contributed by atoms with E-state index >= 15 is 0 Å². The van der Waals surface area contributed by atoms with E-state index in [-0.39, 0.29) is 12.5 Å². The molecule has 3 aromatic rings. The fraction of sp³-hybridized carbons (Fsp3) is 0.240. The molecule has 3 heteroatoms. The summed E-state index contributed by atoms with van der Waals surface area (Å²) < 4.78 is 0. The highest BCUT2D eigenvalue weighted by Crippen LogP contribution is 2.26. The summed E-state index contributed by atoms with van der Waals surface area (Å²) >= 11 is 0. The first-order valence-electron chi connectivity index (χ1n) is 9.83. The molecule has 144 valence electrons. The number of amides is 1. The first-order chi connectivity index (χ1) is 13.7. The second kappa shape index (κ2) is 10.4. The minimum absolute atomic E-state index is 0.0314. The van der Waals surface area contributed by atoms with Crippen LogP contribution in [0.5, 0.6) is 0 Å². The number of aliphatic hydroxyl groups is 1. The Morgan fingerprint density at radius 2 is 1.46 bits per heavy atom. The van der Waals surface area contributed by atoms with Gasteiger partial charge in [-0.3, -0.25) is 4.79 Å². The van der Waals surface area contributed by atoms with E-state index in [0.717, 1.165) is 24.1 Å². The van der Waals surface area contributed by atoms with Crippen LogP contribution < -0.4 is 5.32 Å². The maximum absolute atomic E-state index is 12.5. The first-order valence-corrected chi connectivity index (χ1v) is 9.83. The van der Waals surface area contributed by atoms with Crippen molar-refractivity contribution in [3.8, 4) is 0 Å². The van der Waals surface area contributed by atoms with Gasteiger partial charge in [0, 0.05) is 18.7 Å². The third kappa shape index (κ3) is 6.07. The van der Waals surface area contributed by atoms with Crippen LogP contribution in [0.15, 0.2) is 84.9 Å². The SMILES string of the molecule is O=C(CCC(Cc1ccccc1)c1ccccc1)Nc1ccc(CCO)cc1. The van der Waals surface area contributed by atoms with E-state index in [1.165, 1.54) is 11.1 Å². The monoisotopic (exact) mass is 373 g/mol. The molecule has 2 N–H and O–H groups in total. The fourth-order valence-electron chi connectivity index (χ4n) is 3.42. The number of hydrogen-bond acceptors (Lipinski definition) is 2. The van der Waals surface area contributed by atoms with Crippen molar-refractivity contribution in [2.75, 3.05) is 11.9 Å². The topological polar surface area (TPSA) is 49.3 Å². The van der Waals surface area contributed by atoms with Crippen molar-refractivity contribution < 1.29 is 9.90 Å². The molecule has 0 bridgehead atoms. The fourth-order valence-corrected chi connectivity index (χ4v) is 3.42. The average Bonchev–Trinajstić information content (AvgIpc) is 2.74. The van der Waals surface area contributed by atoms with E-state index in [9.17, 15) is 4.79 Å². The number of carbonyl (C=O) groups is 1. The molecule has 0 saturated heterocycles. The molecule has 3 rings (SSSR count). The van der Waals surface area contributed by atoms with Crippen LogP contribution in [-0.4, -0.2) is 17.6 Å². The Labute approximate surface area is 167 Å². The number of carbonyl (C=O) groups excluding carboxylic acids is 1. The van der Waals surface area contributed by atoms with Gasteiger partial charge in [0.25, 0.3) is 0 Å². The zero-order valence-corrected chi connectivity index (χ0v) is 16.1. The second-order valence-corrected chi connectivity index (χ2v) is 7.05. The molecule has 0 aliphatic carbocycles. The molecule has 3 nitrogen and oxygen atoms in total.